The first kappa shape index (κ1) is 15.3. The molecule has 0 amide bonds. The molecule has 0 aliphatic rings. The summed E-state index contributed by atoms with van der Waals surface area (Å²) in [6.07, 6.45) is 3.32. The largest absolute Gasteiger partial charge is 0.493 e. The minimum atomic E-state index is 0.0149. The van der Waals surface area contributed by atoms with Crippen LogP contribution in [0, 0.1) is 6.92 Å². The average molecular weight is 282 g/mol. The lowest BCUT2D eigenvalue weighted by molar-refractivity contribution is 0.103. The number of carbonyl (C=O) groups is 1. The number of unbranched alkanes of at least 4 members (excludes halogenated alkanes) is 2. The number of aryl methyl sites for hydroxylation is 1. The molecular weight excluding hydrogens is 260 g/mol. The van der Waals surface area contributed by atoms with Gasteiger partial charge in [-0.05, 0) is 31.0 Å². The van der Waals surface area contributed by atoms with Crippen LogP contribution in [0.25, 0.3) is 0 Å². The Labute approximate surface area is 126 Å². The highest BCUT2D eigenvalue weighted by Crippen LogP contribution is 2.23. The van der Waals surface area contributed by atoms with Gasteiger partial charge in [-0.1, -0.05) is 56.2 Å². The van der Waals surface area contributed by atoms with Gasteiger partial charge in [-0.15, -0.1) is 0 Å². The van der Waals surface area contributed by atoms with Crippen LogP contribution in [0.1, 0.15) is 47.7 Å². The fraction of sp³-hybridized carbons (Fsp3) is 0.316. The Morgan fingerprint density at radius 2 is 1.81 bits per heavy atom. The molecular formula is C19H22O2. The molecule has 2 nitrogen and oxygen atoms in total. The van der Waals surface area contributed by atoms with E-state index in [0.717, 1.165) is 24.8 Å². The molecule has 0 saturated carbocycles. The first-order valence-corrected chi connectivity index (χ1v) is 7.55. The van der Waals surface area contributed by atoms with Crippen LogP contribution < -0.4 is 4.74 Å². The summed E-state index contributed by atoms with van der Waals surface area (Å²) in [5, 5.41) is 0. The Morgan fingerprint density at radius 3 is 2.52 bits per heavy atom. The Morgan fingerprint density at radius 1 is 1.05 bits per heavy atom. The minimum Gasteiger partial charge on any atom is -0.493 e. The summed E-state index contributed by atoms with van der Waals surface area (Å²) in [6.45, 7) is 4.83. The molecule has 0 bridgehead atoms. The number of hydrogen-bond acceptors (Lipinski definition) is 2. The van der Waals surface area contributed by atoms with Gasteiger partial charge in [0.25, 0.3) is 0 Å². The predicted molar refractivity (Wildman–Crippen MR) is 86.1 cm³/mol. The fourth-order valence-corrected chi connectivity index (χ4v) is 2.22. The maximum Gasteiger partial charge on any atom is 0.196 e. The van der Waals surface area contributed by atoms with Gasteiger partial charge < -0.3 is 4.74 Å². The molecule has 0 aliphatic carbocycles. The van der Waals surface area contributed by atoms with Crippen molar-refractivity contribution in [1.29, 1.82) is 0 Å². The lowest BCUT2D eigenvalue weighted by atomic mass is 10.0. The third-order valence-electron chi connectivity index (χ3n) is 3.42. The van der Waals surface area contributed by atoms with Gasteiger partial charge in [0, 0.05) is 5.56 Å². The number of rotatable bonds is 7. The smallest absolute Gasteiger partial charge is 0.196 e. The first-order chi connectivity index (χ1) is 10.2. The van der Waals surface area contributed by atoms with Crippen molar-refractivity contribution >= 4 is 5.78 Å². The molecule has 0 fully saturated rings. The number of ether oxygens (including phenoxy) is 1. The van der Waals surface area contributed by atoms with Gasteiger partial charge >= 0.3 is 0 Å². The molecule has 0 aliphatic heterocycles. The highest BCUT2D eigenvalue weighted by atomic mass is 16.5. The standard InChI is InChI=1S/C19H22O2/c1-3-4-8-13-21-18-14-15(2)11-12-17(18)19(20)16-9-6-5-7-10-16/h5-7,9-12,14H,3-4,8,13H2,1-2H3. The number of carbonyl (C=O) groups excluding carboxylic acids is 1. The van der Waals surface area contributed by atoms with Gasteiger partial charge in [0.15, 0.2) is 5.78 Å². The maximum absolute atomic E-state index is 12.6. The van der Waals surface area contributed by atoms with Gasteiger partial charge in [0.05, 0.1) is 12.2 Å². The Kier molecular flexibility index (Phi) is 5.56. The first-order valence-electron chi connectivity index (χ1n) is 7.55. The molecule has 2 aromatic rings. The van der Waals surface area contributed by atoms with Crippen LogP contribution in [0.5, 0.6) is 5.75 Å². The van der Waals surface area contributed by atoms with E-state index in [2.05, 4.69) is 6.92 Å². The van der Waals surface area contributed by atoms with E-state index in [-0.39, 0.29) is 5.78 Å². The van der Waals surface area contributed by atoms with Crippen LogP contribution in [-0.4, -0.2) is 12.4 Å². The van der Waals surface area contributed by atoms with Gasteiger partial charge in [-0.25, -0.2) is 0 Å². The van der Waals surface area contributed by atoms with E-state index >= 15 is 0 Å². The quantitative estimate of drug-likeness (QED) is 0.539. The monoisotopic (exact) mass is 282 g/mol. The SMILES string of the molecule is CCCCCOc1cc(C)ccc1C(=O)c1ccccc1. The highest BCUT2D eigenvalue weighted by molar-refractivity contribution is 6.10. The highest BCUT2D eigenvalue weighted by Gasteiger charge is 2.14. The zero-order chi connectivity index (χ0) is 15.1. The maximum atomic E-state index is 12.6. The molecule has 0 atom stereocenters. The Bertz CT molecular complexity index is 588. The van der Waals surface area contributed by atoms with E-state index in [1.54, 1.807) is 0 Å². The summed E-state index contributed by atoms with van der Waals surface area (Å²) < 4.78 is 5.84. The van der Waals surface area contributed by atoms with E-state index in [9.17, 15) is 4.79 Å². The summed E-state index contributed by atoms with van der Waals surface area (Å²) in [5.41, 5.74) is 2.44. The average Bonchev–Trinajstić information content (AvgIpc) is 2.52. The summed E-state index contributed by atoms with van der Waals surface area (Å²) >= 11 is 0. The lowest BCUT2D eigenvalue weighted by Crippen LogP contribution is -2.06. The van der Waals surface area contributed by atoms with Crippen molar-refractivity contribution in [3.05, 3.63) is 65.2 Å². The van der Waals surface area contributed by atoms with E-state index in [0.29, 0.717) is 23.5 Å². The molecule has 2 heteroatoms. The van der Waals surface area contributed by atoms with Gasteiger partial charge in [0.2, 0.25) is 0 Å². The topological polar surface area (TPSA) is 26.3 Å². The molecule has 0 unspecified atom stereocenters. The van der Waals surface area contributed by atoms with Crippen LogP contribution >= 0.6 is 0 Å². The van der Waals surface area contributed by atoms with Crippen LogP contribution in [-0.2, 0) is 0 Å². The Hall–Kier alpha value is -2.09. The van der Waals surface area contributed by atoms with Crippen LogP contribution in [0.2, 0.25) is 0 Å². The predicted octanol–water partition coefficient (Wildman–Crippen LogP) is 4.80. The molecule has 21 heavy (non-hydrogen) atoms. The summed E-state index contributed by atoms with van der Waals surface area (Å²) in [5.74, 6) is 0.709. The number of ketones is 1. The van der Waals surface area contributed by atoms with Crippen molar-refractivity contribution in [1.82, 2.24) is 0 Å². The molecule has 0 saturated heterocycles. The van der Waals surface area contributed by atoms with Crippen LogP contribution in [0.4, 0.5) is 0 Å². The third-order valence-corrected chi connectivity index (χ3v) is 3.42. The van der Waals surface area contributed by atoms with E-state index in [1.807, 2.05) is 55.5 Å². The van der Waals surface area contributed by atoms with Crippen LogP contribution in [0.3, 0.4) is 0 Å². The van der Waals surface area contributed by atoms with Crippen molar-refractivity contribution < 1.29 is 9.53 Å². The summed E-state index contributed by atoms with van der Waals surface area (Å²) in [6, 6.07) is 15.1. The van der Waals surface area contributed by atoms with Gasteiger partial charge in [-0.2, -0.15) is 0 Å². The molecule has 0 spiro atoms. The Balaban J connectivity index is 2.20. The molecule has 0 N–H and O–H groups in total. The molecule has 110 valence electrons. The van der Waals surface area contributed by atoms with Crippen molar-refractivity contribution in [2.24, 2.45) is 0 Å². The van der Waals surface area contributed by atoms with E-state index in [1.165, 1.54) is 0 Å². The van der Waals surface area contributed by atoms with E-state index in [4.69, 9.17) is 4.74 Å². The third kappa shape index (κ3) is 4.19. The zero-order valence-electron chi connectivity index (χ0n) is 12.8. The van der Waals surface area contributed by atoms with E-state index < -0.39 is 0 Å². The second kappa shape index (κ2) is 7.63. The van der Waals surface area contributed by atoms with Gasteiger partial charge in [-0.3, -0.25) is 4.79 Å². The normalized spacial score (nSPS) is 10.4. The van der Waals surface area contributed by atoms with Crippen molar-refractivity contribution in [3.63, 3.8) is 0 Å². The fourth-order valence-electron chi connectivity index (χ4n) is 2.22. The minimum absolute atomic E-state index is 0.0149. The molecule has 2 rings (SSSR count). The zero-order valence-corrected chi connectivity index (χ0v) is 12.8. The van der Waals surface area contributed by atoms with Crippen molar-refractivity contribution in [3.8, 4) is 5.75 Å². The van der Waals surface area contributed by atoms with Crippen LogP contribution in [0.15, 0.2) is 48.5 Å². The molecule has 0 aromatic heterocycles. The number of hydrogen-bond donors (Lipinski definition) is 0. The molecule has 0 heterocycles. The number of benzene rings is 2. The molecule has 2 aromatic carbocycles. The summed E-state index contributed by atoms with van der Waals surface area (Å²) in [7, 11) is 0. The second-order valence-electron chi connectivity index (χ2n) is 5.25. The lowest BCUT2D eigenvalue weighted by Gasteiger charge is -2.12. The summed E-state index contributed by atoms with van der Waals surface area (Å²) in [4.78, 5) is 12.6. The second-order valence-corrected chi connectivity index (χ2v) is 5.25. The van der Waals surface area contributed by atoms with Crippen molar-refractivity contribution in [2.75, 3.05) is 6.61 Å². The van der Waals surface area contributed by atoms with Gasteiger partial charge in [0.1, 0.15) is 5.75 Å². The van der Waals surface area contributed by atoms with Crippen molar-refractivity contribution in [2.45, 2.75) is 33.1 Å². The molecule has 0 radical (unpaired) electrons.